The van der Waals surface area contributed by atoms with Crippen LogP contribution in [0, 0.1) is 11.7 Å². The number of fused-ring (bicyclic) bond motifs is 1. The lowest BCUT2D eigenvalue weighted by Gasteiger charge is -2.14. The van der Waals surface area contributed by atoms with Gasteiger partial charge in [-0.1, -0.05) is 56.3 Å². The zero-order valence-electron chi connectivity index (χ0n) is 22.0. The van der Waals surface area contributed by atoms with Crippen LogP contribution in [-0.4, -0.2) is 34.8 Å². The fourth-order valence-electron chi connectivity index (χ4n) is 4.53. The number of carbonyl (C=O) groups excluding carboxylic acids is 2. The minimum Gasteiger partial charge on any atom is -0.354 e. The Balaban J connectivity index is 1.64. The molecule has 7 heteroatoms. The molecule has 2 N–H and O–H groups in total. The van der Waals surface area contributed by atoms with E-state index in [1.807, 2.05) is 66.9 Å². The zero-order chi connectivity index (χ0) is 27.5. The number of hydrogen-bond acceptors (Lipinski definition) is 3. The van der Waals surface area contributed by atoms with Gasteiger partial charge in [-0.25, -0.2) is 9.37 Å². The molecule has 0 aliphatic rings. The van der Waals surface area contributed by atoms with Crippen molar-refractivity contribution in [3.05, 3.63) is 108 Å². The minimum absolute atomic E-state index is 0.141. The standard InChI is InChI=1S/C32H29FN4O2/c1-20(2)18-35-31(38)27-17-23(11-15-26(27)21-7-5-4-6-8-21)24-12-16-28-36-29(22-9-13-25(33)14-10-22)30(32(39)34-3)37(28)19-24/h4-17,19-20H,18H2,1-3H3,(H,34,39)(H,35,38). The first kappa shape index (κ1) is 25.9. The quantitative estimate of drug-likeness (QED) is 0.268. The Morgan fingerprint density at radius 3 is 2.23 bits per heavy atom. The van der Waals surface area contributed by atoms with Crippen molar-refractivity contribution in [1.82, 2.24) is 20.0 Å². The second-order valence-corrected chi connectivity index (χ2v) is 9.77. The van der Waals surface area contributed by atoms with Gasteiger partial charge in [-0.15, -0.1) is 0 Å². The SMILES string of the molecule is CNC(=O)c1c(-c2ccc(F)cc2)nc2ccc(-c3ccc(-c4ccccc4)c(C(=O)NCC(C)C)c3)cn12. The summed E-state index contributed by atoms with van der Waals surface area (Å²) in [5.41, 5.74) is 6.02. The van der Waals surface area contributed by atoms with Crippen LogP contribution in [0.25, 0.3) is 39.2 Å². The summed E-state index contributed by atoms with van der Waals surface area (Å²) in [6.45, 7) is 4.68. The van der Waals surface area contributed by atoms with Crippen molar-refractivity contribution < 1.29 is 14.0 Å². The zero-order valence-corrected chi connectivity index (χ0v) is 22.0. The smallest absolute Gasteiger partial charge is 0.270 e. The van der Waals surface area contributed by atoms with Gasteiger partial charge < -0.3 is 10.6 Å². The molecule has 196 valence electrons. The van der Waals surface area contributed by atoms with E-state index in [1.54, 1.807) is 23.6 Å². The van der Waals surface area contributed by atoms with E-state index in [9.17, 15) is 14.0 Å². The molecule has 2 aromatic heterocycles. The van der Waals surface area contributed by atoms with Gasteiger partial charge in [0.25, 0.3) is 11.8 Å². The van der Waals surface area contributed by atoms with E-state index >= 15 is 0 Å². The number of rotatable bonds is 7. The van der Waals surface area contributed by atoms with Gasteiger partial charge in [0, 0.05) is 30.9 Å². The van der Waals surface area contributed by atoms with Crippen LogP contribution in [0.3, 0.4) is 0 Å². The number of amides is 2. The van der Waals surface area contributed by atoms with Gasteiger partial charge in [0.15, 0.2) is 0 Å². The highest BCUT2D eigenvalue weighted by Gasteiger charge is 2.21. The molecule has 0 radical (unpaired) electrons. The average molecular weight is 521 g/mol. The minimum atomic E-state index is -0.363. The highest BCUT2D eigenvalue weighted by Crippen LogP contribution is 2.31. The van der Waals surface area contributed by atoms with E-state index in [1.165, 1.54) is 12.1 Å². The molecule has 0 aliphatic carbocycles. The summed E-state index contributed by atoms with van der Waals surface area (Å²) in [6.07, 6.45) is 1.84. The normalized spacial score (nSPS) is 11.1. The number of nitrogens with zero attached hydrogens (tertiary/aromatic N) is 2. The maximum Gasteiger partial charge on any atom is 0.270 e. The number of hydrogen-bond donors (Lipinski definition) is 2. The number of pyridine rings is 1. The van der Waals surface area contributed by atoms with Crippen LogP contribution in [0.2, 0.25) is 0 Å². The van der Waals surface area contributed by atoms with Crippen LogP contribution in [0.5, 0.6) is 0 Å². The molecule has 0 spiro atoms. The fraction of sp³-hybridized carbons (Fsp3) is 0.156. The van der Waals surface area contributed by atoms with Gasteiger partial charge in [-0.05, 0) is 70.6 Å². The Morgan fingerprint density at radius 1 is 0.846 bits per heavy atom. The van der Waals surface area contributed by atoms with E-state index in [0.29, 0.717) is 40.6 Å². The van der Waals surface area contributed by atoms with Crippen LogP contribution in [0.1, 0.15) is 34.7 Å². The summed E-state index contributed by atoms with van der Waals surface area (Å²) in [5, 5.41) is 5.73. The van der Waals surface area contributed by atoms with Crippen LogP contribution < -0.4 is 10.6 Å². The maximum absolute atomic E-state index is 13.6. The lowest BCUT2D eigenvalue weighted by molar-refractivity contribution is 0.0945. The summed E-state index contributed by atoms with van der Waals surface area (Å²) in [6, 6.07) is 25.3. The van der Waals surface area contributed by atoms with E-state index in [0.717, 1.165) is 22.3 Å². The van der Waals surface area contributed by atoms with Gasteiger partial charge in [-0.3, -0.25) is 14.0 Å². The van der Waals surface area contributed by atoms with E-state index < -0.39 is 0 Å². The molecule has 6 nitrogen and oxygen atoms in total. The van der Waals surface area contributed by atoms with Gasteiger partial charge in [-0.2, -0.15) is 0 Å². The van der Waals surface area contributed by atoms with E-state index in [-0.39, 0.29) is 17.6 Å². The Morgan fingerprint density at radius 2 is 1.54 bits per heavy atom. The number of carbonyl (C=O) groups is 2. The summed E-state index contributed by atoms with van der Waals surface area (Å²) >= 11 is 0. The molecular weight excluding hydrogens is 491 g/mol. The van der Waals surface area contributed by atoms with Crippen molar-refractivity contribution in [2.24, 2.45) is 5.92 Å². The molecule has 39 heavy (non-hydrogen) atoms. The molecule has 5 rings (SSSR count). The lowest BCUT2D eigenvalue weighted by Crippen LogP contribution is -2.27. The summed E-state index contributed by atoms with van der Waals surface area (Å²) < 4.78 is 15.3. The van der Waals surface area contributed by atoms with Crippen LogP contribution in [0.15, 0.2) is 91.1 Å². The molecule has 0 atom stereocenters. The molecule has 2 amide bonds. The highest BCUT2D eigenvalue weighted by molar-refractivity contribution is 6.02. The first-order chi connectivity index (χ1) is 18.9. The molecule has 0 aliphatic heterocycles. The Kier molecular flexibility index (Phi) is 7.23. The van der Waals surface area contributed by atoms with Gasteiger partial charge in [0.2, 0.25) is 0 Å². The third-order valence-corrected chi connectivity index (χ3v) is 6.53. The van der Waals surface area contributed by atoms with Crippen molar-refractivity contribution in [2.45, 2.75) is 13.8 Å². The molecule has 5 aromatic rings. The second-order valence-electron chi connectivity index (χ2n) is 9.77. The van der Waals surface area contributed by atoms with Gasteiger partial charge in [0.05, 0.1) is 0 Å². The van der Waals surface area contributed by atoms with Crippen molar-refractivity contribution in [3.8, 4) is 33.5 Å². The highest BCUT2D eigenvalue weighted by atomic mass is 19.1. The predicted molar refractivity (Wildman–Crippen MR) is 152 cm³/mol. The molecule has 0 bridgehead atoms. The van der Waals surface area contributed by atoms with Crippen LogP contribution in [-0.2, 0) is 0 Å². The number of aromatic nitrogens is 2. The molecule has 0 saturated heterocycles. The lowest BCUT2D eigenvalue weighted by atomic mass is 9.95. The van der Waals surface area contributed by atoms with E-state index in [2.05, 4.69) is 29.5 Å². The first-order valence-electron chi connectivity index (χ1n) is 12.8. The van der Waals surface area contributed by atoms with Gasteiger partial charge in [0.1, 0.15) is 22.9 Å². The molecule has 0 saturated carbocycles. The monoisotopic (exact) mass is 520 g/mol. The predicted octanol–water partition coefficient (Wildman–Crippen LogP) is 6.22. The molecule has 0 fully saturated rings. The van der Waals surface area contributed by atoms with Crippen molar-refractivity contribution >= 4 is 17.5 Å². The molecule has 0 unspecified atom stereocenters. The fourth-order valence-corrected chi connectivity index (χ4v) is 4.53. The Labute approximate surface area is 226 Å². The van der Waals surface area contributed by atoms with E-state index in [4.69, 9.17) is 0 Å². The summed E-state index contributed by atoms with van der Waals surface area (Å²) in [5.74, 6) is -0.497. The second kappa shape index (κ2) is 10.9. The Hall–Kier alpha value is -4.78. The molecule has 2 heterocycles. The van der Waals surface area contributed by atoms with Crippen LogP contribution >= 0.6 is 0 Å². The third-order valence-electron chi connectivity index (χ3n) is 6.53. The number of imidazole rings is 1. The molecular formula is C32H29FN4O2. The summed E-state index contributed by atoms with van der Waals surface area (Å²) in [7, 11) is 1.56. The van der Waals surface area contributed by atoms with Crippen molar-refractivity contribution in [3.63, 3.8) is 0 Å². The Bertz CT molecular complexity index is 1660. The topological polar surface area (TPSA) is 75.5 Å². The van der Waals surface area contributed by atoms with Crippen molar-refractivity contribution in [2.75, 3.05) is 13.6 Å². The molecule has 3 aromatic carbocycles. The van der Waals surface area contributed by atoms with Crippen molar-refractivity contribution in [1.29, 1.82) is 0 Å². The van der Waals surface area contributed by atoms with Crippen LogP contribution in [0.4, 0.5) is 4.39 Å². The first-order valence-corrected chi connectivity index (χ1v) is 12.8. The number of halogens is 1. The maximum atomic E-state index is 13.6. The average Bonchev–Trinajstić information content (AvgIpc) is 3.34. The van der Waals surface area contributed by atoms with Gasteiger partial charge >= 0.3 is 0 Å². The largest absolute Gasteiger partial charge is 0.354 e. The third kappa shape index (κ3) is 5.29. The summed E-state index contributed by atoms with van der Waals surface area (Å²) in [4.78, 5) is 30.9. The number of nitrogens with one attached hydrogen (secondary N) is 2. The number of benzene rings is 3.